The Balaban J connectivity index is 3.81. The van der Waals surface area contributed by atoms with Gasteiger partial charge in [-0.15, -0.1) is 6.58 Å². The summed E-state index contributed by atoms with van der Waals surface area (Å²) < 4.78 is 5.98. The first-order chi connectivity index (χ1) is 6.70. The summed E-state index contributed by atoms with van der Waals surface area (Å²) >= 11 is 0. The molecule has 0 aromatic rings. The van der Waals surface area contributed by atoms with Crippen LogP contribution in [0, 0.1) is 0 Å². The molecule has 0 spiro atoms. The summed E-state index contributed by atoms with van der Waals surface area (Å²) in [6, 6.07) is 0. The molecule has 0 aliphatic heterocycles. The molecule has 0 aliphatic carbocycles. The first kappa shape index (κ1) is 14.9. The van der Waals surface area contributed by atoms with Crippen LogP contribution in [-0.2, 0) is 4.43 Å². The fourth-order valence-electron chi connectivity index (χ4n) is 0.954. The Morgan fingerprint density at radius 2 is 1.93 bits per heavy atom. The van der Waals surface area contributed by atoms with Gasteiger partial charge in [-0.05, 0) is 31.0 Å². The van der Waals surface area contributed by atoms with E-state index in [4.69, 9.17) is 4.43 Å². The van der Waals surface area contributed by atoms with Crippen molar-refractivity contribution in [3.05, 3.63) is 12.7 Å². The van der Waals surface area contributed by atoms with Crippen LogP contribution in [0.5, 0.6) is 0 Å². The smallest absolute Gasteiger partial charge is 0.191 e. The Bertz CT molecular complexity index is 194. The number of aliphatic hydroxyl groups excluding tert-OH is 1. The van der Waals surface area contributed by atoms with Crippen LogP contribution in [0.25, 0.3) is 0 Å². The molecule has 0 bridgehead atoms. The Morgan fingerprint density at radius 1 is 1.40 bits per heavy atom. The summed E-state index contributed by atoms with van der Waals surface area (Å²) in [5, 5.41) is 9.55. The molecular formula is C12H26O2Si. The quantitative estimate of drug-likeness (QED) is 0.431. The van der Waals surface area contributed by atoms with Crippen molar-refractivity contribution in [3.63, 3.8) is 0 Å². The van der Waals surface area contributed by atoms with Crippen LogP contribution in [0.2, 0.25) is 18.1 Å². The molecule has 0 unspecified atom stereocenters. The van der Waals surface area contributed by atoms with Gasteiger partial charge in [-0.25, -0.2) is 0 Å². The average molecular weight is 230 g/mol. The molecular weight excluding hydrogens is 204 g/mol. The highest BCUT2D eigenvalue weighted by Crippen LogP contribution is 2.36. The third-order valence-corrected chi connectivity index (χ3v) is 7.72. The van der Waals surface area contributed by atoms with Crippen LogP contribution in [0.15, 0.2) is 12.7 Å². The van der Waals surface area contributed by atoms with Gasteiger partial charge in [0.25, 0.3) is 0 Å². The molecule has 0 radical (unpaired) electrons. The van der Waals surface area contributed by atoms with Gasteiger partial charge in [0, 0.05) is 6.61 Å². The number of hydrogen-bond donors (Lipinski definition) is 1. The summed E-state index contributed by atoms with van der Waals surface area (Å²) in [6.45, 7) is 15.5. The minimum atomic E-state index is -1.59. The van der Waals surface area contributed by atoms with Crippen LogP contribution in [0.4, 0.5) is 0 Å². The molecule has 0 aliphatic rings. The molecule has 0 amide bonds. The molecule has 90 valence electrons. The summed E-state index contributed by atoms with van der Waals surface area (Å²) in [6.07, 6.45) is 2.84. The van der Waals surface area contributed by atoms with Crippen molar-refractivity contribution in [2.24, 2.45) is 0 Å². The number of rotatable bonds is 6. The normalized spacial score (nSPS) is 15.1. The lowest BCUT2D eigenvalue weighted by molar-refractivity contribution is 0.191. The molecule has 0 saturated carbocycles. The number of hydrogen-bond acceptors (Lipinski definition) is 2. The topological polar surface area (TPSA) is 29.5 Å². The zero-order chi connectivity index (χ0) is 12.1. The van der Waals surface area contributed by atoms with Gasteiger partial charge >= 0.3 is 0 Å². The van der Waals surface area contributed by atoms with E-state index < -0.39 is 8.32 Å². The average Bonchev–Trinajstić information content (AvgIpc) is 2.10. The van der Waals surface area contributed by atoms with Crippen molar-refractivity contribution < 1.29 is 9.53 Å². The monoisotopic (exact) mass is 230 g/mol. The predicted octanol–water partition coefficient (Wildman–Crippen LogP) is 3.34. The van der Waals surface area contributed by atoms with Crippen LogP contribution in [-0.4, -0.2) is 26.1 Å². The Labute approximate surface area is 95.5 Å². The third-order valence-electron chi connectivity index (χ3n) is 3.19. The van der Waals surface area contributed by atoms with E-state index in [1.54, 1.807) is 6.08 Å². The van der Waals surface area contributed by atoms with E-state index in [1.165, 1.54) is 0 Å². The second-order valence-electron chi connectivity index (χ2n) is 5.55. The fraction of sp³-hybridized carbons (Fsp3) is 0.833. The van der Waals surface area contributed by atoms with E-state index in [2.05, 4.69) is 40.4 Å². The maximum atomic E-state index is 9.28. The Morgan fingerprint density at radius 3 is 2.33 bits per heavy atom. The highest BCUT2D eigenvalue weighted by molar-refractivity contribution is 6.74. The molecule has 0 fully saturated rings. The highest BCUT2D eigenvalue weighted by atomic mass is 28.4. The summed E-state index contributed by atoms with van der Waals surface area (Å²) in [5.74, 6) is 0. The molecule has 1 atom stereocenters. The van der Waals surface area contributed by atoms with Gasteiger partial charge in [0.1, 0.15) is 0 Å². The van der Waals surface area contributed by atoms with Crippen LogP contribution < -0.4 is 0 Å². The van der Waals surface area contributed by atoms with Crippen molar-refractivity contribution in [2.45, 2.75) is 57.8 Å². The summed E-state index contributed by atoms with van der Waals surface area (Å²) in [5.41, 5.74) is 0. The Kier molecular flexibility index (Phi) is 5.78. The van der Waals surface area contributed by atoms with Crippen LogP contribution in [0.1, 0.15) is 33.6 Å². The number of aliphatic hydroxyl groups is 1. The SMILES string of the molecule is C=C[C@H](O)CCCO[Si](C)(C)C(C)(C)C. The summed E-state index contributed by atoms with van der Waals surface area (Å²) in [4.78, 5) is 0. The largest absolute Gasteiger partial charge is 0.417 e. The first-order valence-corrected chi connectivity index (χ1v) is 8.56. The highest BCUT2D eigenvalue weighted by Gasteiger charge is 2.36. The Hall–Kier alpha value is -0.123. The predicted molar refractivity (Wildman–Crippen MR) is 68.6 cm³/mol. The second-order valence-corrected chi connectivity index (χ2v) is 10.4. The van der Waals surface area contributed by atoms with Crippen LogP contribution in [0.3, 0.4) is 0 Å². The van der Waals surface area contributed by atoms with E-state index in [0.29, 0.717) is 0 Å². The van der Waals surface area contributed by atoms with E-state index in [9.17, 15) is 5.11 Å². The minimum Gasteiger partial charge on any atom is -0.417 e. The molecule has 0 heterocycles. The van der Waals surface area contributed by atoms with E-state index >= 15 is 0 Å². The lowest BCUT2D eigenvalue weighted by Gasteiger charge is -2.36. The van der Waals surface area contributed by atoms with Gasteiger partial charge in [-0.1, -0.05) is 26.8 Å². The van der Waals surface area contributed by atoms with Crippen molar-refractivity contribution in [2.75, 3.05) is 6.61 Å². The van der Waals surface area contributed by atoms with Crippen LogP contribution >= 0.6 is 0 Å². The summed E-state index contributed by atoms with van der Waals surface area (Å²) in [7, 11) is -1.59. The second kappa shape index (κ2) is 5.82. The zero-order valence-electron chi connectivity index (χ0n) is 10.8. The molecule has 0 saturated heterocycles. The maximum absolute atomic E-state index is 9.28. The molecule has 3 heteroatoms. The van der Waals surface area contributed by atoms with E-state index in [0.717, 1.165) is 19.4 Å². The van der Waals surface area contributed by atoms with Crippen molar-refractivity contribution in [1.82, 2.24) is 0 Å². The molecule has 1 N–H and O–H groups in total. The van der Waals surface area contributed by atoms with Gasteiger partial charge in [0.15, 0.2) is 8.32 Å². The third kappa shape index (κ3) is 5.49. The van der Waals surface area contributed by atoms with Gasteiger partial charge in [-0.2, -0.15) is 0 Å². The fourth-order valence-corrected chi connectivity index (χ4v) is 2.04. The minimum absolute atomic E-state index is 0.268. The molecule has 0 aromatic heterocycles. The van der Waals surface area contributed by atoms with Gasteiger partial charge in [0.2, 0.25) is 0 Å². The molecule has 2 nitrogen and oxygen atoms in total. The molecule has 0 rings (SSSR count). The molecule has 0 aromatic carbocycles. The van der Waals surface area contributed by atoms with Crippen molar-refractivity contribution in [3.8, 4) is 0 Å². The molecule has 15 heavy (non-hydrogen) atoms. The lowest BCUT2D eigenvalue weighted by Crippen LogP contribution is -2.41. The van der Waals surface area contributed by atoms with Gasteiger partial charge in [-0.3, -0.25) is 0 Å². The van der Waals surface area contributed by atoms with Gasteiger partial charge < -0.3 is 9.53 Å². The van der Waals surface area contributed by atoms with E-state index in [1.807, 2.05) is 0 Å². The maximum Gasteiger partial charge on any atom is 0.191 e. The lowest BCUT2D eigenvalue weighted by atomic mass is 10.2. The van der Waals surface area contributed by atoms with Gasteiger partial charge in [0.05, 0.1) is 6.10 Å². The van der Waals surface area contributed by atoms with Crippen molar-refractivity contribution in [1.29, 1.82) is 0 Å². The first-order valence-electron chi connectivity index (χ1n) is 5.65. The van der Waals surface area contributed by atoms with E-state index in [-0.39, 0.29) is 11.1 Å². The standard InChI is InChI=1S/C12H26O2Si/c1-7-11(13)9-8-10-14-15(5,6)12(2,3)4/h7,11,13H,1,8-10H2,2-6H3/t11-/m0/s1. The van der Waals surface area contributed by atoms with Crippen molar-refractivity contribution >= 4 is 8.32 Å². The zero-order valence-corrected chi connectivity index (χ0v) is 11.8.